The highest BCUT2D eigenvalue weighted by atomic mass is 19.1. The van der Waals surface area contributed by atoms with E-state index in [0.29, 0.717) is 5.56 Å². The summed E-state index contributed by atoms with van der Waals surface area (Å²) in [4.78, 5) is 0. The number of hydrogen-bond donors (Lipinski definition) is 1. The van der Waals surface area contributed by atoms with Crippen LogP contribution >= 0.6 is 0 Å². The Morgan fingerprint density at radius 2 is 1.78 bits per heavy atom. The molecule has 2 nitrogen and oxygen atoms in total. The molecule has 0 aliphatic rings. The molecular formula is C14H13F2NO. The van der Waals surface area contributed by atoms with Gasteiger partial charge in [0.15, 0.2) is 23.1 Å². The Morgan fingerprint density at radius 3 is 2.44 bits per heavy atom. The molecule has 0 saturated heterocycles. The third-order valence-electron chi connectivity index (χ3n) is 2.67. The molecule has 0 fully saturated rings. The summed E-state index contributed by atoms with van der Waals surface area (Å²) in [5.41, 5.74) is 6.99. The van der Waals surface area contributed by atoms with E-state index in [1.54, 1.807) is 19.1 Å². The Hall–Kier alpha value is -1.94. The van der Waals surface area contributed by atoms with Crippen LogP contribution in [-0.2, 0) is 6.54 Å². The zero-order valence-corrected chi connectivity index (χ0v) is 9.91. The first-order chi connectivity index (χ1) is 8.61. The van der Waals surface area contributed by atoms with Crippen molar-refractivity contribution in [1.82, 2.24) is 0 Å². The number of halogens is 2. The summed E-state index contributed by atoms with van der Waals surface area (Å²) in [6.07, 6.45) is 0. The Balaban J connectivity index is 2.35. The van der Waals surface area contributed by atoms with Crippen molar-refractivity contribution >= 4 is 0 Å². The van der Waals surface area contributed by atoms with Crippen molar-refractivity contribution in [3.8, 4) is 11.5 Å². The standard InChI is InChI=1S/C14H13F2NO/c1-9-6-14(12(16)7-10(9)8-17)18-13-5-3-2-4-11(13)15/h2-7H,8,17H2,1H3. The van der Waals surface area contributed by atoms with E-state index in [0.717, 1.165) is 5.56 Å². The van der Waals surface area contributed by atoms with Crippen molar-refractivity contribution in [3.63, 3.8) is 0 Å². The third-order valence-corrected chi connectivity index (χ3v) is 2.67. The molecule has 0 atom stereocenters. The fourth-order valence-electron chi connectivity index (χ4n) is 1.64. The Labute approximate surface area is 104 Å². The van der Waals surface area contributed by atoms with Crippen LogP contribution < -0.4 is 10.5 Å². The van der Waals surface area contributed by atoms with E-state index in [4.69, 9.17) is 10.5 Å². The van der Waals surface area contributed by atoms with Gasteiger partial charge in [-0.2, -0.15) is 0 Å². The quantitative estimate of drug-likeness (QED) is 0.903. The largest absolute Gasteiger partial charge is 0.451 e. The van der Waals surface area contributed by atoms with Gasteiger partial charge in [0.1, 0.15) is 0 Å². The van der Waals surface area contributed by atoms with Gasteiger partial charge in [-0.15, -0.1) is 0 Å². The van der Waals surface area contributed by atoms with Gasteiger partial charge in [-0.05, 0) is 42.3 Å². The van der Waals surface area contributed by atoms with Crippen LogP contribution in [0.2, 0.25) is 0 Å². The zero-order valence-electron chi connectivity index (χ0n) is 9.91. The molecule has 0 aliphatic carbocycles. The molecular weight excluding hydrogens is 236 g/mol. The molecule has 0 heterocycles. The van der Waals surface area contributed by atoms with E-state index in [1.165, 1.54) is 24.3 Å². The number of hydrogen-bond acceptors (Lipinski definition) is 2. The van der Waals surface area contributed by atoms with Crippen LogP contribution in [0.5, 0.6) is 11.5 Å². The van der Waals surface area contributed by atoms with Crippen molar-refractivity contribution in [1.29, 1.82) is 0 Å². The predicted octanol–water partition coefficient (Wildman–Crippen LogP) is 3.52. The monoisotopic (exact) mass is 249 g/mol. The summed E-state index contributed by atoms with van der Waals surface area (Å²) in [5, 5.41) is 0. The maximum Gasteiger partial charge on any atom is 0.166 e. The lowest BCUT2D eigenvalue weighted by atomic mass is 10.1. The van der Waals surface area contributed by atoms with E-state index < -0.39 is 11.6 Å². The van der Waals surface area contributed by atoms with E-state index in [1.807, 2.05) is 0 Å². The molecule has 0 unspecified atom stereocenters. The van der Waals surface area contributed by atoms with Gasteiger partial charge < -0.3 is 10.5 Å². The normalized spacial score (nSPS) is 10.4. The number of ether oxygens (including phenoxy) is 1. The fourth-order valence-corrected chi connectivity index (χ4v) is 1.64. The molecule has 2 N–H and O–H groups in total. The molecule has 0 spiro atoms. The van der Waals surface area contributed by atoms with Gasteiger partial charge in [0.05, 0.1) is 0 Å². The first kappa shape index (κ1) is 12.5. The van der Waals surface area contributed by atoms with Crippen LogP contribution in [0.25, 0.3) is 0 Å². The average Bonchev–Trinajstić information content (AvgIpc) is 2.36. The number of aryl methyl sites for hydroxylation is 1. The number of nitrogens with two attached hydrogens (primary N) is 1. The van der Waals surface area contributed by atoms with Crippen molar-refractivity contribution in [2.45, 2.75) is 13.5 Å². The van der Waals surface area contributed by atoms with Crippen LogP contribution in [0.15, 0.2) is 36.4 Å². The second-order valence-corrected chi connectivity index (χ2v) is 3.95. The van der Waals surface area contributed by atoms with Gasteiger partial charge in [0.2, 0.25) is 0 Å². The Bertz CT molecular complexity index is 570. The molecule has 18 heavy (non-hydrogen) atoms. The summed E-state index contributed by atoms with van der Waals surface area (Å²) >= 11 is 0. The van der Waals surface area contributed by atoms with Gasteiger partial charge in [-0.1, -0.05) is 12.1 Å². The molecule has 2 aromatic rings. The fraction of sp³-hybridized carbons (Fsp3) is 0.143. The molecule has 2 aromatic carbocycles. The topological polar surface area (TPSA) is 35.2 Å². The van der Waals surface area contributed by atoms with Gasteiger partial charge in [-0.3, -0.25) is 0 Å². The molecule has 0 aliphatic heterocycles. The molecule has 0 radical (unpaired) electrons. The minimum absolute atomic E-state index is 0.00343. The van der Waals surface area contributed by atoms with Gasteiger partial charge in [-0.25, -0.2) is 8.78 Å². The molecule has 0 aromatic heterocycles. The van der Waals surface area contributed by atoms with Crippen molar-refractivity contribution in [2.24, 2.45) is 5.73 Å². The molecule has 4 heteroatoms. The van der Waals surface area contributed by atoms with Crippen molar-refractivity contribution in [2.75, 3.05) is 0 Å². The summed E-state index contributed by atoms with van der Waals surface area (Å²) < 4.78 is 32.3. The maximum absolute atomic E-state index is 13.7. The number of benzene rings is 2. The third kappa shape index (κ3) is 2.49. The molecule has 94 valence electrons. The van der Waals surface area contributed by atoms with E-state index >= 15 is 0 Å². The lowest BCUT2D eigenvalue weighted by molar-refractivity contribution is 0.414. The predicted molar refractivity (Wildman–Crippen MR) is 65.5 cm³/mol. The smallest absolute Gasteiger partial charge is 0.166 e. The van der Waals surface area contributed by atoms with Gasteiger partial charge >= 0.3 is 0 Å². The van der Waals surface area contributed by atoms with Crippen LogP contribution in [0.4, 0.5) is 8.78 Å². The first-order valence-electron chi connectivity index (χ1n) is 5.53. The van der Waals surface area contributed by atoms with E-state index in [2.05, 4.69) is 0 Å². The minimum atomic E-state index is -0.552. The highest BCUT2D eigenvalue weighted by Crippen LogP contribution is 2.28. The SMILES string of the molecule is Cc1cc(Oc2ccccc2F)c(F)cc1CN. The van der Waals surface area contributed by atoms with Crippen LogP contribution in [0, 0.1) is 18.6 Å². The molecule has 0 bridgehead atoms. The van der Waals surface area contributed by atoms with E-state index in [-0.39, 0.29) is 18.0 Å². The number of para-hydroxylation sites is 1. The first-order valence-corrected chi connectivity index (χ1v) is 5.53. The lowest BCUT2D eigenvalue weighted by Gasteiger charge is -2.10. The molecule has 0 saturated carbocycles. The Morgan fingerprint density at radius 1 is 1.06 bits per heavy atom. The highest BCUT2D eigenvalue weighted by Gasteiger charge is 2.10. The average molecular weight is 249 g/mol. The summed E-state index contributed by atoms with van der Waals surface area (Å²) in [7, 11) is 0. The van der Waals surface area contributed by atoms with Crippen molar-refractivity contribution in [3.05, 3.63) is 59.2 Å². The summed E-state index contributed by atoms with van der Waals surface area (Å²) in [6.45, 7) is 2.05. The second kappa shape index (κ2) is 5.14. The second-order valence-electron chi connectivity index (χ2n) is 3.95. The number of rotatable bonds is 3. The highest BCUT2D eigenvalue weighted by molar-refractivity contribution is 5.39. The van der Waals surface area contributed by atoms with Crippen LogP contribution in [-0.4, -0.2) is 0 Å². The van der Waals surface area contributed by atoms with Crippen molar-refractivity contribution < 1.29 is 13.5 Å². The zero-order chi connectivity index (χ0) is 13.1. The minimum Gasteiger partial charge on any atom is -0.451 e. The lowest BCUT2D eigenvalue weighted by Crippen LogP contribution is -2.01. The van der Waals surface area contributed by atoms with E-state index in [9.17, 15) is 8.78 Å². The van der Waals surface area contributed by atoms with Gasteiger partial charge in [0, 0.05) is 6.54 Å². The van der Waals surface area contributed by atoms with Gasteiger partial charge in [0.25, 0.3) is 0 Å². The molecule has 0 amide bonds. The van der Waals surface area contributed by atoms with Crippen LogP contribution in [0.1, 0.15) is 11.1 Å². The summed E-state index contributed by atoms with van der Waals surface area (Å²) in [6, 6.07) is 8.70. The van der Waals surface area contributed by atoms with Crippen LogP contribution in [0.3, 0.4) is 0 Å². The Kier molecular flexibility index (Phi) is 3.58. The summed E-state index contributed by atoms with van der Waals surface area (Å²) in [5.74, 6) is -1.09. The molecule has 2 rings (SSSR count). The maximum atomic E-state index is 13.7.